The van der Waals surface area contributed by atoms with Gasteiger partial charge in [-0.15, -0.1) is 0 Å². The van der Waals surface area contributed by atoms with Gasteiger partial charge >= 0.3 is 0 Å². The molecule has 0 spiro atoms. The van der Waals surface area contributed by atoms with E-state index in [1.165, 1.54) is 6.07 Å². The monoisotopic (exact) mass is 271 g/mol. The highest BCUT2D eigenvalue weighted by Gasteiger charge is 2.18. The Kier molecular flexibility index (Phi) is 5.25. The summed E-state index contributed by atoms with van der Waals surface area (Å²) in [6, 6.07) is 3.08. The van der Waals surface area contributed by atoms with Crippen molar-refractivity contribution in [3.8, 4) is 0 Å². The molecule has 0 unspecified atom stereocenters. The van der Waals surface area contributed by atoms with Gasteiger partial charge in [-0.05, 0) is 18.6 Å². The zero-order chi connectivity index (χ0) is 13.7. The van der Waals surface area contributed by atoms with Crippen molar-refractivity contribution < 1.29 is 9.90 Å². The molecule has 0 aromatic heterocycles. The van der Waals surface area contributed by atoms with Gasteiger partial charge in [-0.25, -0.2) is 0 Å². The van der Waals surface area contributed by atoms with Crippen LogP contribution in [0.4, 0.5) is 11.4 Å². The predicted octanol–water partition coefficient (Wildman–Crippen LogP) is 1.23. The van der Waals surface area contributed by atoms with E-state index in [0.717, 1.165) is 6.42 Å². The molecular formula is C12H18ClN3O2. The van der Waals surface area contributed by atoms with Crippen molar-refractivity contribution in [1.82, 2.24) is 0 Å². The lowest BCUT2D eigenvalue weighted by Gasteiger charge is -2.26. The average molecular weight is 272 g/mol. The van der Waals surface area contributed by atoms with Gasteiger partial charge in [0, 0.05) is 18.8 Å². The number of nitrogen functional groups attached to an aromatic ring is 1. The second-order valence-electron chi connectivity index (χ2n) is 3.97. The highest BCUT2D eigenvalue weighted by atomic mass is 35.5. The average Bonchev–Trinajstić information content (AvgIpc) is 2.27. The fraction of sp³-hybridized carbons (Fsp3) is 0.417. The normalized spacial score (nSPS) is 10.4. The Morgan fingerprint density at radius 1 is 1.44 bits per heavy atom. The molecule has 1 aromatic carbocycles. The first-order chi connectivity index (χ1) is 8.51. The van der Waals surface area contributed by atoms with Gasteiger partial charge in [0.2, 0.25) is 0 Å². The van der Waals surface area contributed by atoms with Crippen molar-refractivity contribution in [2.24, 2.45) is 5.73 Å². The smallest absolute Gasteiger partial charge is 0.250 e. The number of benzene rings is 1. The molecule has 1 aromatic rings. The first-order valence-electron chi connectivity index (χ1n) is 5.75. The molecule has 1 rings (SSSR count). The van der Waals surface area contributed by atoms with Crippen LogP contribution in [-0.4, -0.2) is 30.7 Å². The molecule has 1 amide bonds. The Bertz CT molecular complexity index is 432. The third-order valence-electron chi connectivity index (χ3n) is 2.53. The van der Waals surface area contributed by atoms with Crippen LogP contribution in [0, 0.1) is 0 Å². The number of hydrogen-bond acceptors (Lipinski definition) is 4. The molecule has 0 atom stereocenters. The van der Waals surface area contributed by atoms with Crippen molar-refractivity contribution in [3.63, 3.8) is 0 Å². The van der Waals surface area contributed by atoms with Crippen molar-refractivity contribution in [2.45, 2.75) is 13.3 Å². The number of aliphatic hydroxyl groups excluding tert-OH is 1. The predicted molar refractivity (Wildman–Crippen MR) is 74.0 cm³/mol. The molecule has 5 nitrogen and oxygen atoms in total. The molecule has 0 radical (unpaired) electrons. The van der Waals surface area contributed by atoms with Crippen LogP contribution in [0.15, 0.2) is 12.1 Å². The summed E-state index contributed by atoms with van der Waals surface area (Å²) < 4.78 is 0. The maximum atomic E-state index is 11.5. The summed E-state index contributed by atoms with van der Waals surface area (Å²) in [5.74, 6) is -0.585. The number of halogens is 1. The summed E-state index contributed by atoms with van der Waals surface area (Å²) in [4.78, 5) is 13.3. The summed E-state index contributed by atoms with van der Waals surface area (Å²) in [6.07, 6.45) is 0.860. The largest absolute Gasteiger partial charge is 0.399 e. The zero-order valence-corrected chi connectivity index (χ0v) is 11.1. The Morgan fingerprint density at radius 2 is 2.11 bits per heavy atom. The summed E-state index contributed by atoms with van der Waals surface area (Å²) in [6.45, 7) is 3.03. The first kappa shape index (κ1) is 14.6. The lowest BCUT2D eigenvalue weighted by atomic mass is 10.1. The fourth-order valence-corrected chi connectivity index (χ4v) is 2.20. The van der Waals surface area contributed by atoms with Crippen LogP contribution in [-0.2, 0) is 0 Å². The van der Waals surface area contributed by atoms with E-state index in [1.54, 1.807) is 6.07 Å². The van der Waals surface area contributed by atoms with E-state index in [2.05, 4.69) is 0 Å². The van der Waals surface area contributed by atoms with Crippen LogP contribution < -0.4 is 16.4 Å². The van der Waals surface area contributed by atoms with Crippen LogP contribution in [0.25, 0.3) is 0 Å². The number of nitrogens with two attached hydrogens (primary N) is 2. The number of carbonyl (C=O) groups excluding carboxylic acids is 1. The van der Waals surface area contributed by atoms with Crippen molar-refractivity contribution in [3.05, 3.63) is 22.7 Å². The number of hydrogen-bond donors (Lipinski definition) is 3. The minimum absolute atomic E-state index is 0.0289. The van der Waals surface area contributed by atoms with E-state index in [9.17, 15) is 4.79 Å². The van der Waals surface area contributed by atoms with Gasteiger partial charge in [0.25, 0.3) is 5.91 Å². The number of rotatable bonds is 6. The van der Waals surface area contributed by atoms with Crippen LogP contribution in [0.1, 0.15) is 23.7 Å². The lowest BCUT2D eigenvalue weighted by Crippen LogP contribution is -2.30. The number of primary amides is 1. The molecule has 0 fully saturated rings. The van der Waals surface area contributed by atoms with Gasteiger partial charge in [-0.2, -0.15) is 0 Å². The molecule has 0 saturated carbocycles. The van der Waals surface area contributed by atoms with Crippen molar-refractivity contribution >= 4 is 28.9 Å². The molecule has 100 valence electrons. The van der Waals surface area contributed by atoms with E-state index < -0.39 is 5.91 Å². The summed E-state index contributed by atoms with van der Waals surface area (Å²) >= 11 is 6.13. The maximum Gasteiger partial charge on any atom is 0.250 e. The van der Waals surface area contributed by atoms with Gasteiger partial charge in [-0.3, -0.25) is 4.79 Å². The van der Waals surface area contributed by atoms with E-state index in [1.807, 2.05) is 11.8 Å². The number of anilines is 2. The van der Waals surface area contributed by atoms with Crippen molar-refractivity contribution in [2.75, 3.05) is 30.3 Å². The number of nitrogens with zero attached hydrogens (tertiary/aromatic N) is 1. The molecule has 0 heterocycles. The molecule has 0 aliphatic carbocycles. The highest BCUT2D eigenvalue weighted by molar-refractivity contribution is 6.34. The molecule has 18 heavy (non-hydrogen) atoms. The molecule has 0 aliphatic rings. The molecule has 5 N–H and O–H groups in total. The second kappa shape index (κ2) is 6.47. The second-order valence-corrected chi connectivity index (χ2v) is 4.38. The molecule has 0 bridgehead atoms. The summed E-state index contributed by atoms with van der Waals surface area (Å²) in [5, 5.41) is 9.44. The summed E-state index contributed by atoms with van der Waals surface area (Å²) in [7, 11) is 0. The van der Waals surface area contributed by atoms with E-state index in [0.29, 0.717) is 29.5 Å². The highest BCUT2D eigenvalue weighted by Crippen LogP contribution is 2.32. The molecule has 6 heteroatoms. The molecule has 0 aliphatic heterocycles. The Balaban J connectivity index is 3.30. The number of amides is 1. The topological polar surface area (TPSA) is 92.6 Å². The molecule has 0 saturated heterocycles. The number of aliphatic hydroxyl groups is 1. The minimum atomic E-state index is -0.585. The standard InChI is InChI=1S/C12H18ClN3O2/c1-2-3-16(4-5-17)11-9(12(15)18)6-8(14)7-10(11)13/h6-7,17H,2-5,14H2,1H3,(H2,15,18). The Labute approximate surface area is 111 Å². The van der Waals surface area contributed by atoms with Crippen molar-refractivity contribution in [1.29, 1.82) is 0 Å². The fourth-order valence-electron chi connectivity index (χ4n) is 1.86. The zero-order valence-electron chi connectivity index (χ0n) is 10.3. The van der Waals surface area contributed by atoms with Crippen LogP contribution >= 0.6 is 11.6 Å². The maximum absolute atomic E-state index is 11.5. The summed E-state index contributed by atoms with van der Waals surface area (Å²) in [5.41, 5.74) is 12.2. The van der Waals surface area contributed by atoms with Gasteiger partial charge < -0.3 is 21.5 Å². The van der Waals surface area contributed by atoms with Crippen LogP contribution in [0.3, 0.4) is 0 Å². The van der Waals surface area contributed by atoms with Gasteiger partial charge in [0.05, 0.1) is 22.9 Å². The Hall–Kier alpha value is -1.46. The third-order valence-corrected chi connectivity index (χ3v) is 2.82. The van der Waals surface area contributed by atoms with E-state index in [4.69, 9.17) is 28.2 Å². The number of carbonyl (C=O) groups is 1. The van der Waals surface area contributed by atoms with Gasteiger partial charge in [0.1, 0.15) is 0 Å². The van der Waals surface area contributed by atoms with Gasteiger partial charge in [-0.1, -0.05) is 18.5 Å². The van der Waals surface area contributed by atoms with Gasteiger partial charge in [0.15, 0.2) is 0 Å². The third kappa shape index (κ3) is 3.27. The molecular weight excluding hydrogens is 254 g/mol. The van der Waals surface area contributed by atoms with Crippen LogP contribution in [0.2, 0.25) is 5.02 Å². The lowest BCUT2D eigenvalue weighted by molar-refractivity contribution is 0.100. The van der Waals surface area contributed by atoms with E-state index >= 15 is 0 Å². The SMILES string of the molecule is CCCN(CCO)c1c(Cl)cc(N)cc1C(N)=O. The van der Waals surface area contributed by atoms with E-state index in [-0.39, 0.29) is 12.2 Å². The Morgan fingerprint density at radius 3 is 2.61 bits per heavy atom. The first-order valence-corrected chi connectivity index (χ1v) is 6.13. The quantitative estimate of drug-likeness (QED) is 0.679. The minimum Gasteiger partial charge on any atom is -0.399 e. The van der Waals surface area contributed by atoms with Crippen LogP contribution in [0.5, 0.6) is 0 Å².